The maximum atomic E-state index is 13.1. The molecule has 2 aliphatic heterocycles. The zero-order chi connectivity index (χ0) is 22.1. The van der Waals surface area contributed by atoms with Crippen LogP contribution < -0.4 is 16.8 Å². The minimum Gasteiger partial charge on any atom is -0.455 e. The van der Waals surface area contributed by atoms with Gasteiger partial charge in [0.1, 0.15) is 22.7 Å². The number of β-lactam (4-membered cyclic amide) rings is 1. The van der Waals surface area contributed by atoms with E-state index in [1.807, 2.05) is 0 Å². The van der Waals surface area contributed by atoms with Crippen molar-refractivity contribution >= 4 is 41.4 Å². The van der Waals surface area contributed by atoms with Gasteiger partial charge in [-0.1, -0.05) is 11.8 Å². The van der Waals surface area contributed by atoms with Crippen molar-refractivity contribution in [3.8, 4) is 0 Å². The molecule has 30 heavy (non-hydrogen) atoms. The summed E-state index contributed by atoms with van der Waals surface area (Å²) < 4.78 is 5.58. The molecule has 1 aromatic heterocycles. The van der Waals surface area contributed by atoms with Crippen LogP contribution in [0.2, 0.25) is 0 Å². The molecule has 1 fully saturated rings. The topological polar surface area (TPSA) is 182 Å². The molecule has 0 bridgehead atoms. The summed E-state index contributed by atoms with van der Waals surface area (Å²) in [5, 5.41) is 16.0. The van der Waals surface area contributed by atoms with Crippen LogP contribution >= 0.6 is 23.5 Å². The Morgan fingerprint density at radius 3 is 2.80 bits per heavy atom. The Bertz CT molecular complexity index is 854. The molecule has 2 aliphatic rings. The molecule has 6 N–H and O–H groups in total. The van der Waals surface area contributed by atoms with Gasteiger partial charge in [-0.25, -0.2) is 14.7 Å². The van der Waals surface area contributed by atoms with E-state index in [4.69, 9.17) is 16.2 Å². The third-order valence-electron chi connectivity index (χ3n) is 4.31. The SMILES string of the molecule is CC(C)(C)OC(=O)C1=C(C(CCNC(N)=O)Sc2nnn[nH]2)CS[C@H]2C(N)C(=O)N12. The Kier molecular flexibility index (Phi) is 6.57. The highest BCUT2D eigenvalue weighted by Crippen LogP contribution is 2.44. The summed E-state index contributed by atoms with van der Waals surface area (Å²) in [6.45, 7) is 5.54. The molecule has 164 valence electrons. The predicted octanol–water partition coefficient (Wildman–Crippen LogP) is -0.443. The number of carbonyl (C=O) groups is 3. The van der Waals surface area contributed by atoms with Crippen LogP contribution in [0.1, 0.15) is 27.2 Å². The van der Waals surface area contributed by atoms with Crippen molar-refractivity contribution in [2.24, 2.45) is 11.5 Å². The summed E-state index contributed by atoms with van der Waals surface area (Å²) in [6, 6.07) is -1.31. The van der Waals surface area contributed by atoms with Crippen LogP contribution in [-0.2, 0) is 14.3 Å². The van der Waals surface area contributed by atoms with Crippen molar-refractivity contribution in [1.82, 2.24) is 30.8 Å². The number of esters is 1. The van der Waals surface area contributed by atoms with E-state index in [1.165, 1.54) is 28.4 Å². The molecule has 3 atom stereocenters. The van der Waals surface area contributed by atoms with Gasteiger partial charge in [-0.2, -0.15) is 0 Å². The quantitative estimate of drug-likeness (QED) is 0.238. The normalized spacial score (nSPS) is 22.3. The van der Waals surface area contributed by atoms with Gasteiger partial charge in [-0.3, -0.25) is 9.69 Å². The maximum absolute atomic E-state index is 13.1. The number of ether oxygens (including phenoxy) is 1. The van der Waals surface area contributed by atoms with Gasteiger partial charge in [0.15, 0.2) is 0 Å². The first kappa shape index (κ1) is 22.4. The number of primary amides is 1. The second-order valence-corrected chi connectivity index (χ2v) is 10.0. The number of carbonyl (C=O) groups excluding carboxylic acids is 3. The van der Waals surface area contributed by atoms with E-state index in [9.17, 15) is 14.4 Å². The van der Waals surface area contributed by atoms with Gasteiger partial charge in [-0.15, -0.1) is 16.9 Å². The van der Waals surface area contributed by atoms with E-state index in [2.05, 4.69) is 25.9 Å². The van der Waals surface area contributed by atoms with Crippen LogP contribution in [0, 0.1) is 0 Å². The van der Waals surface area contributed by atoms with Crippen molar-refractivity contribution in [3.05, 3.63) is 11.3 Å². The van der Waals surface area contributed by atoms with E-state index in [0.29, 0.717) is 22.9 Å². The lowest BCUT2D eigenvalue weighted by molar-refractivity contribution is -0.158. The highest BCUT2D eigenvalue weighted by molar-refractivity contribution is 8.01. The lowest BCUT2D eigenvalue weighted by Gasteiger charge is -2.49. The third-order valence-corrected chi connectivity index (χ3v) is 6.83. The number of hydrogen-bond donors (Lipinski definition) is 4. The van der Waals surface area contributed by atoms with Crippen LogP contribution in [0.5, 0.6) is 0 Å². The first-order valence-electron chi connectivity index (χ1n) is 9.19. The average Bonchev–Trinajstić information content (AvgIpc) is 3.17. The second kappa shape index (κ2) is 8.81. The number of nitrogens with one attached hydrogen (secondary N) is 2. The van der Waals surface area contributed by atoms with Gasteiger partial charge >= 0.3 is 12.0 Å². The minimum atomic E-state index is -0.740. The van der Waals surface area contributed by atoms with Gasteiger partial charge in [0.2, 0.25) is 11.1 Å². The molecule has 14 heteroatoms. The first-order valence-corrected chi connectivity index (χ1v) is 11.1. The number of fused-ring (bicyclic) bond motifs is 1. The monoisotopic (exact) mass is 456 g/mol. The van der Waals surface area contributed by atoms with E-state index in [0.717, 1.165) is 0 Å². The number of amides is 3. The van der Waals surface area contributed by atoms with Gasteiger partial charge in [0.25, 0.3) is 0 Å². The summed E-state index contributed by atoms with van der Waals surface area (Å²) in [5.41, 5.74) is 11.2. The first-order chi connectivity index (χ1) is 14.1. The average molecular weight is 457 g/mol. The number of thioether (sulfide) groups is 2. The van der Waals surface area contributed by atoms with Crippen molar-refractivity contribution in [2.75, 3.05) is 12.3 Å². The standard InChI is InChI=1S/C16H24N8O4S2/c1-16(2,3)28-13(26)10-7(6-29-12-9(17)11(25)24(10)12)8(4-5-19-14(18)27)30-15-20-22-23-21-15/h8-9,12H,4-6,17H2,1-3H3,(H3,18,19,27)(H,20,21,22,23)/t8?,9?,12-/m0/s1. The zero-order valence-corrected chi connectivity index (χ0v) is 18.4. The Labute approximate surface area is 181 Å². The second-order valence-electron chi connectivity index (χ2n) is 7.70. The van der Waals surface area contributed by atoms with Crippen molar-refractivity contribution < 1.29 is 19.1 Å². The number of urea groups is 1. The van der Waals surface area contributed by atoms with Gasteiger partial charge in [0, 0.05) is 17.5 Å². The fourth-order valence-electron chi connectivity index (χ4n) is 3.07. The number of nitrogens with two attached hydrogens (primary N) is 2. The number of rotatable bonds is 7. The number of aromatic amines is 1. The highest BCUT2D eigenvalue weighted by Gasteiger charge is 2.53. The number of H-pyrrole nitrogens is 1. The lowest BCUT2D eigenvalue weighted by Crippen LogP contribution is -2.68. The van der Waals surface area contributed by atoms with Crippen molar-refractivity contribution in [2.45, 2.75) is 54.6 Å². The molecule has 0 saturated carbocycles. The Morgan fingerprint density at radius 2 is 2.20 bits per heavy atom. The molecule has 2 unspecified atom stereocenters. The largest absolute Gasteiger partial charge is 0.455 e. The van der Waals surface area contributed by atoms with Crippen LogP contribution in [-0.4, -0.2) is 78.0 Å². The molecule has 0 spiro atoms. The molecule has 12 nitrogen and oxygen atoms in total. The zero-order valence-electron chi connectivity index (χ0n) is 16.7. The molecular formula is C16H24N8O4S2. The Balaban J connectivity index is 1.97. The van der Waals surface area contributed by atoms with Crippen LogP contribution in [0.3, 0.4) is 0 Å². The molecular weight excluding hydrogens is 432 g/mol. The molecule has 0 radical (unpaired) electrons. The summed E-state index contributed by atoms with van der Waals surface area (Å²) in [5.74, 6) is -0.454. The van der Waals surface area contributed by atoms with Gasteiger partial charge < -0.3 is 21.5 Å². The summed E-state index contributed by atoms with van der Waals surface area (Å²) in [7, 11) is 0. The molecule has 0 aliphatic carbocycles. The van der Waals surface area contributed by atoms with E-state index >= 15 is 0 Å². The lowest BCUT2D eigenvalue weighted by atomic mass is 10.0. The summed E-state index contributed by atoms with van der Waals surface area (Å²) in [6.07, 6.45) is 0.426. The number of tetrazole rings is 1. The molecule has 0 aromatic carbocycles. The van der Waals surface area contributed by atoms with E-state index < -0.39 is 23.6 Å². The molecule has 1 aromatic rings. The fraction of sp³-hybridized carbons (Fsp3) is 0.625. The Morgan fingerprint density at radius 1 is 1.47 bits per heavy atom. The van der Waals surface area contributed by atoms with Crippen LogP contribution in [0.15, 0.2) is 16.4 Å². The minimum absolute atomic E-state index is 0.199. The van der Waals surface area contributed by atoms with Crippen molar-refractivity contribution in [3.63, 3.8) is 0 Å². The molecule has 3 amide bonds. The number of aromatic nitrogens is 4. The van der Waals surface area contributed by atoms with E-state index in [-0.39, 0.29) is 28.8 Å². The van der Waals surface area contributed by atoms with Crippen LogP contribution in [0.4, 0.5) is 4.79 Å². The highest BCUT2D eigenvalue weighted by atomic mass is 32.2. The fourth-order valence-corrected chi connectivity index (χ4v) is 5.56. The smallest absolute Gasteiger partial charge is 0.355 e. The van der Waals surface area contributed by atoms with E-state index in [1.54, 1.807) is 20.8 Å². The van der Waals surface area contributed by atoms with Crippen molar-refractivity contribution in [1.29, 1.82) is 0 Å². The molecule has 3 heterocycles. The van der Waals surface area contributed by atoms with Gasteiger partial charge in [-0.05, 0) is 43.2 Å². The predicted molar refractivity (Wildman–Crippen MR) is 110 cm³/mol. The number of hydrogen-bond acceptors (Lipinski definition) is 10. The molecule has 1 saturated heterocycles. The Hall–Kier alpha value is -2.32. The summed E-state index contributed by atoms with van der Waals surface area (Å²) >= 11 is 2.77. The third kappa shape index (κ3) is 4.87. The van der Waals surface area contributed by atoms with Gasteiger partial charge in [0.05, 0.1) is 0 Å². The summed E-state index contributed by atoms with van der Waals surface area (Å²) in [4.78, 5) is 38.1. The van der Waals surface area contributed by atoms with Crippen LogP contribution in [0.25, 0.3) is 0 Å². The maximum Gasteiger partial charge on any atom is 0.355 e. The molecule has 3 rings (SSSR count). The number of nitrogens with zero attached hydrogens (tertiary/aromatic N) is 4.